The highest BCUT2D eigenvalue weighted by atomic mass is 16.5. The summed E-state index contributed by atoms with van der Waals surface area (Å²) >= 11 is 0. The van der Waals surface area contributed by atoms with Crippen LogP contribution in [0, 0.1) is 0 Å². The van der Waals surface area contributed by atoms with Gasteiger partial charge in [0, 0.05) is 32.4 Å². The second-order valence-corrected chi connectivity index (χ2v) is 6.42. The number of hydrogen-bond acceptors (Lipinski definition) is 6. The number of rotatable bonds is 3. The van der Waals surface area contributed by atoms with Crippen LogP contribution in [-0.2, 0) is 4.74 Å². The lowest BCUT2D eigenvalue weighted by molar-refractivity contribution is -0.0247. The molecule has 3 heterocycles. The number of carbonyl (C=O) groups is 1. The standard InChI is InChI=1S/C18H20N6O2/c1-23(2)18-19-6-5-14(22-18)16-10-24(7-8-26-16)17(25)12-3-4-13-15(9-12)21-11-20-13/h3-6,9,11,16H,7-8,10H2,1-2H3,(H,20,21)/t16-/m1/s1. The van der Waals surface area contributed by atoms with E-state index in [0.717, 1.165) is 16.7 Å². The molecule has 8 nitrogen and oxygen atoms in total. The van der Waals surface area contributed by atoms with Gasteiger partial charge in [0.2, 0.25) is 5.95 Å². The maximum Gasteiger partial charge on any atom is 0.254 e. The molecule has 2 aromatic heterocycles. The van der Waals surface area contributed by atoms with E-state index in [1.807, 2.05) is 48.2 Å². The van der Waals surface area contributed by atoms with Gasteiger partial charge in [-0.2, -0.15) is 0 Å². The van der Waals surface area contributed by atoms with Crippen LogP contribution in [0.1, 0.15) is 22.2 Å². The van der Waals surface area contributed by atoms with Crippen LogP contribution in [0.15, 0.2) is 36.8 Å². The summed E-state index contributed by atoms with van der Waals surface area (Å²) in [5.74, 6) is 0.607. The molecular formula is C18H20N6O2. The zero-order valence-electron chi connectivity index (χ0n) is 14.7. The average molecular weight is 352 g/mol. The summed E-state index contributed by atoms with van der Waals surface area (Å²) in [4.78, 5) is 32.6. The first-order valence-electron chi connectivity index (χ1n) is 8.46. The lowest BCUT2D eigenvalue weighted by Gasteiger charge is -2.33. The number of amides is 1. The van der Waals surface area contributed by atoms with Crippen LogP contribution in [-0.4, -0.2) is 64.5 Å². The highest BCUT2D eigenvalue weighted by molar-refractivity contribution is 5.97. The lowest BCUT2D eigenvalue weighted by atomic mass is 10.1. The average Bonchev–Trinajstić information content (AvgIpc) is 3.15. The van der Waals surface area contributed by atoms with E-state index in [4.69, 9.17) is 4.74 Å². The summed E-state index contributed by atoms with van der Waals surface area (Å²) in [7, 11) is 3.78. The molecule has 1 aliphatic rings. The van der Waals surface area contributed by atoms with Gasteiger partial charge >= 0.3 is 0 Å². The van der Waals surface area contributed by atoms with Crippen molar-refractivity contribution in [3.8, 4) is 0 Å². The molecule has 1 atom stereocenters. The smallest absolute Gasteiger partial charge is 0.254 e. The Kier molecular flexibility index (Phi) is 4.26. The summed E-state index contributed by atoms with van der Waals surface area (Å²) in [6, 6.07) is 7.34. The number of aromatic amines is 1. The molecule has 3 aromatic rings. The molecule has 1 aliphatic heterocycles. The molecule has 1 saturated heterocycles. The minimum atomic E-state index is -0.259. The van der Waals surface area contributed by atoms with Crippen molar-refractivity contribution in [2.24, 2.45) is 0 Å². The van der Waals surface area contributed by atoms with Crippen molar-refractivity contribution in [3.05, 3.63) is 48.0 Å². The molecule has 8 heteroatoms. The van der Waals surface area contributed by atoms with Gasteiger partial charge in [-0.05, 0) is 24.3 Å². The number of morpholine rings is 1. The molecule has 1 N–H and O–H groups in total. The number of carbonyl (C=O) groups excluding carboxylic acids is 1. The van der Waals surface area contributed by atoms with Gasteiger partial charge in [-0.3, -0.25) is 4.79 Å². The van der Waals surface area contributed by atoms with Crippen molar-refractivity contribution in [1.29, 1.82) is 0 Å². The highest BCUT2D eigenvalue weighted by Gasteiger charge is 2.27. The van der Waals surface area contributed by atoms with Crippen LogP contribution in [0.5, 0.6) is 0 Å². The van der Waals surface area contributed by atoms with Gasteiger partial charge in [-0.15, -0.1) is 0 Å². The molecule has 0 spiro atoms. The topological polar surface area (TPSA) is 87.2 Å². The number of fused-ring (bicyclic) bond motifs is 1. The summed E-state index contributed by atoms with van der Waals surface area (Å²) in [6.07, 6.45) is 3.08. The third-order valence-electron chi connectivity index (χ3n) is 4.42. The first kappa shape index (κ1) is 16.5. The number of benzene rings is 1. The van der Waals surface area contributed by atoms with Gasteiger partial charge in [0.15, 0.2) is 0 Å². The predicted molar refractivity (Wildman–Crippen MR) is 97.0 cm³/mol. The minimum absolute atomic E-state index is 0.0170. The largest absolute Gasteiger partial charge is 0.368 e. The van der Waals surface area contributed by atoms with E-state index in [2.05, 4.69) is 19.9 Å². The van der Waals surface area contributed by atoms with Crippen LogP contribution in [0.2, 0.25) is 0 Å². The number of hydrogen-bond donors (Lipinski definition) is 1. The predicted octanol–water partition coefficient (Wildman–Crippen LogP) is 1.63. The van der Waals surface area contributed by atoms with Crippen LogP contribution in [0.3, 0.4) is 0 Å². The Morgan fingerprint density at radius 2 is 2.19 bits per heavy atom. The number of nitrogens with zero attached hydrogens (tertiary/aromatic N) is 5. The number of H-pyrrole nitrogens is 1. The molecule has 1 amide bonds. The second kappa shape index (κ2) is 6.72. The second-order valence-electron chi connectivity index (χ2n) is 6.42. The van der Waals surface area contributed by atoms with Crippen molar-refractivity contribution in [2.75, 3.05) is 38.7 Å². The fourth-order valence-corrected chi connectivity index (χ4v) is 3.02. The first-order valence-corrected chi connectivity index (χ1v) is 8.46. The normalized spacial score (nSPS) is 17.5. The SMILES string of the molecule is CN(C)c1nccc([C@H]2CN(C(=O)c3ccc4nc[nH]c4c3)CCO2)n1. The van der Waals surface area contributed by atoms with Crippen molar-refractivity contribution >= 4 is 22.9 Å². The van der Waals surface area contributed by atoms with Crippen molar-refractivity contribution < 1.29 is 9.53 Å². The number of imidazole rings is 1. The molecule has 0 saturated carbocycles. The monoisotopic (exact) mass is 352 g/mol. The Morgan fingerprint density at radius 1 is 1.31 bits per heavy atom. The zero-order chi connectivity index (χ0) is 18.1. The molecule has 0 aliphatic carbocycles. The van der Waals surface area contributed by atoms with Gasteiger partial charge < -0.3 is 19.5 Å². The number of anilines is 1. The Labute approximate surface area is 150 Å². The van der Waals surface area contributed by atoms with Crippen molar-refractivity contribution in [3.63, 3.8) is 0 Å². The Morgan fingerprint density at radius 3 is 3.04 bits per heavy atom. The quantitative estimate of drug-likeness (QED) is 0.771. The summed E-state index contributed by atoms with van der Waals surface area (Å²) < 4.78 is 5.85. The van der Waals surface area contributed by atoms with E-state index in [-0.39, 0.29) is 12.0 Å². The molecular weight excluding hydrogens is 332 g/mol. The molecule has 4 rings (SSSR count). The summed E-state index contributed by atoms with van der Waals surface area (Å²) in [5, 5.41) is 0. The molecule has 1 fully saturated rings. The van der Waals surface area contributed by atoms with E-state index in [1.54, 1.807) is 12.5 Å². The Bertz CT molecular complexity index is 938. The van der Waals surface area contributed by atoms with Crippen LogP contribution in [0.25, 0.3) is 11.0 Å². The summed E-state index contributed by atoms with van der Waals surface area (Å²) in [6.45, 7) is 1.50. The third-order valence-corrected chi connectivity index (χ3v) is 4.42. The van der Waals surface area contributed by atoms with Crippen LogP contribution in [0.4, 0.5) is 5.95 Å². The fraction of sp³-hybridized carbons (Fsp3) is 0.333. The maximum absolute atomic E-state index is 12.9. The molecule has 134 valence electrons. The van der Waals surface area contributed by atoms with Crippen LogP contribution >= 0.6 is 0 Å². The number of aromatic nitrogens is 4. The number of nitrogens with one attached hydrogen (secondary N) is 1. The van der Waals surface area contributed by atoms with Gasteiger partial charge in [0.05, 0.1) is 36.2 Å². The van der Waals surface area contributed by atoms with E-state index in [9.17, 15) is 4.79 Å². The third kappa shape index (κ3) is 3.11. The molecule has 0 radical (unpaired) electrons. The van der Waals surface area contributed by atoms with Gasteiger partial charge in [0.25, 0.3) is 5.91 Å². The minimum Gasteiger partial charge on any atom is -0.368 e. The molecule has 26 heavy (non-hydrogen) atoms. The summed E-state index contributed by atoms with van der Waals surface area (Å²) in [5.41, 5.74) is 3.12. The van der Waals surface area contributed by atoms with Crippen molar-refractivity contribution in [1.82, 2.24) is 24.8 Å². The maximum atomic E-state index is 12.9. The molecule has 1 aromatic carbocycles. The van der Waals surface area contributed by atoms with Crippen LogP contribution < -0.4 is 4.90 Å². The Hall–Kier alpha value is -3.00. The Balaban J connectivity index is 1.54. The van der Waals surface area contributed by atoms with E-state index >= 15 is 0 Å². The lowest BCUT2D eigenvalue weighted by Crippen LogP contribution is -2.42. The molecule has 0 unspecified atom stereocenters. The number of ether oxygens (including phenoxy) is 1. The zero-order valence-corrected chi connectivity index (χ0v) is 14.7. The fourth-order valence-electron chi connectivity index (χ4n) is 3.02. The van der Waals surface area contributed by atoms with Gasteiger partial charge in [-0.25, -0.2) is 15.0 Å². The van der Waals surface area contributed by atoms with Gasteiger partial charge in [-0.1, -0.05) is 0 Å². The highest BCUT2D eigenvalue weighted by Crippen LogP contribution is 2.23. The van der Waals surface area contributed by atoms with E-state index in [1.165, 1.54) is 0 Å². The molecule has 0 bridgehead atoms. The first-order chi connectivity index (χ1) is 12.6. The van der Waals surface area contributed by atoms with E-state index < -0.39 is 0 Å². The van der Waals surface area contributed by atoms with Gasteiger partial charge in [0.1, 0.15) is 6.10 Å². The van der Waals surface area contributed by atoms with E-state index in [0.29, 0.717) is 31.2 Å². The van der Waals surface area contributed by atoms with Crippen molar-refractivity contribution in [2.45, 2.75) is 6.10 Å².